The minimum atomic E-state index is -0.502. The van der Waals surface area contributed by atoms with E-state index in [1.54, 1.807) is 12.1 Å². The highest BCUT2D eigenvalue weighted by Crippen LogP contribution is 2.26. The minimum Gasteiger partial charge on any atom is -0.371 e. The Morgan fingerprint density at radius 2 is 1.81 bits per heavy atom. The second-order valence-corrected chi connectivity index (χ2v) is 3.80. The predicted octanol–water partition coefficient (Wildman–Crippen LogP) is 0.0945. The Morgan fingerprint density at radius 3 is 2.25 bits per heavy atom. The van der Waals surface area contributed by atoms with Crippen LogP contribution in [0.3, 0.4) is 0 Å². The Hall–Kier alpha value is -2.04. The number of benzene rings is 1. The lowest BCUT2D eigenvalue weighted by molar-refractivity contribution is 0.0988. The molecule has 0 atom stereocenters. The van der Waals surface area contributed by atoms with Crippen molar-refractivity contribution in [2.75, 3.05) is 18.0 Å². The summed E-state index contributed by atoms with van der Waals surface area (Å²) >= 11 is 0. The van der Waals surface area contributed by atoms with Crippen LogP contribution in [0, 0.1) is 0 Å². The van der Waals surface area contributed by atoms with Crippen LogP contribution >= 0.6 is 0 Å². The van der Waals surface area contributed by atoms with Crippen LogP contribution in [0.15, 0.2) is 18.2 Å². The number of rotatable bonds is 3. The van der Waals surface area contributed by atoms with Crippen molar-refractivity contribution in [1.82, 2.24) is 0 Å². The summed E-state index contributed by atoms with van der Waals surface area (Å²) < 4.78 is 0. The Balaban J connectivity index is 2.46. The van der Waals surface area contributed by atoms with Gasteiger partial charge in [0.1, 0.15) is 0 Å². The molecule has 1 saturated heterocycles. The maximum Gasteiger partial charge on any atom is 0.250 e. The molecule has 84 valence electrons. The highest BCUT2D eigenvalue weighted by molar-refractivity contribution is 6.01. The second kappa shape index (κ2) is 3.84. The molecule has 0 aromatic heterocycles. The number of nitrogens with two attached hydrogens (primary N) is 2. The van der Waals surface area contributed by atoms with Crippen molar-refractivity contribution >= 4 is 17.5 Å². The van der Waals surface area contributed by atoms with Gasteiger partial charge in [-0.05, 0) is 24.6 Å². The molecule has 0 bridgehead atoms. The second-order valence-electron chi connectivity index (χ2n) is 3.80. The van der Waals surface area contributed by atoms with E-state index in [9.17, 15) is 9.59 Å². The van der Waals surface area contributed by atoms with Crippen molar-refractivity contribution in [2.24, 2.45) is 11.5 Å². The molecular weight excluding hydrogens is 206 g/mol. The number of nitrogens with zero attached hydrogens (tertiary/aromatic N) is 1. The van der Waals surface area contributed by atoms with Crippen LogP contribution in [0.5, 0.6) is 0 Å². The number of hydrogen-bond acceptors (Lipinski definition) is 3. The first-order valence-corrected chi connectivity index (χ1v) is 5.08. The van der Waals surface area contributed by atoms with Gasteiger partial charge in [0, 0.05) is 18.7 Å². The SMILES string of the molecule is NC(=O)c1ccc(C(N)=O)c(N2CCC2)c1. The number of hydrogen-bond donors (Lipinski definition) is 2. The molecular formula is C11H13N3O2. The van der Waals surface area contributed by atoms with Gasteiger partial charge in [-0.3, -0.25) is 9.59 Å². The molecule has 1 fully saturated rings. The van der Waals surface area contributed by atoms with Crippen LogP contribution in [0.25, 0.3) is 0 Å². The molecule has 16 heavy (non-hydrogen) atoms. The topological polar surface area (TPSA) is 89.4 Å². The zero-order valence-electron chi connectivity index (χ0n) is 8.77. The van der Waals surface area contributed by atoms with E-state index >= 15 is 0 Å². The molecule has 2 amide bonds. The lowest BCUT2D eigenvalue weighted by Gasteiger charge is -2.34. The quantitative estimate of drug-likeness (QED) is 0.755. The van der Waals surface area contributed by atoms with Gasteiger partial charge in [0.25, 0.3) is 5.91 Å². The predicted molar refractivity (Wildman–Crippen MR) is 60.3 cm³/mol. The fraction of sp³-hybridized carbons (Fsp3) is 0.273. The lowest BCUT2D eigenvalue weighted by Crippen LogP contribution is -2.38. The van der Waals surface area contributed by atoms with Gasteiger partial charge in [0.15, 0.2) is 0 Å². The maximum atomic E-state index is 11.2. The third-order valence-electron chi connectivity index (χ3n) is 2.74. The molecule has 5 nitrogen and oxygen atoms in total. The van der Waals surface area contributed by atoms with Gasteiger partial charge in [-0.15, -0.1) is 0 Å². The number of anilines is 1. The van der Waals surface area contributed by atoms with E-state index < -0.39 is 11.8 Å². The normalized spacial score (nSPS) is 14.4. The van der Waals surface area contributed by atoms with E-state index in [4.69, 9.17) is 11.5 Å². The summed E-state index contributed by atoms with van der Waals surface area (Å²) in [5.74, 6) is -0.990. The number of primary amides is 2. The molecule has 5 heteroatoms. The molecule has 4 N–H and O–H groups in total. The van der Waals surface area contributed by atoms with E-state index in [1.807, 2.05) is 4.90 Å². The third-order valence-corrected chi connectivity index (χ3v) is 2.74. The standard InChI is InChI=1S/C11H13N3O2/c12-10(15)7-2-3-8(11(13)16)9(6-7)14-4-1-5-14/h2-3,6H,1,4-5H2,(H2,12,15)(H2,13,16). The molecule has 1 heterocycles. The summed E-state index contributed by atoms with van der Waals surface area (Å²) in [6.45, 7) is 1.75. The van der Waals surface area contributed by atoms with Gasteiger partial charge in [0.05, 0.1) is 11.3 Å². The summed E-state index contributed by atoms with van der Waals surface area (Å²) in [5, 5.41) is 0. The minimum absolute atomic E-state index is 0.395. The Bertz CT molecular complexity index is 453. The third kappa shape index (κ3) is 1.71. The monoisotopic (exact) mass is 219 g/mol. The van der Waals surface area contributed by atoms with Gasteiger partial charge >= 0.3 is 0 Å². The summed E-state index contributed by atoms with van der Waals surface area (Å²) in [6, 6.07) is 4.70. The first kappa shape index (κ1) is 10.5. The fourth-order valence-electron chi connectivity index (χ4n) is 1.71. The Morgan fingerprint density at radius 1 is 1.12 bits per heavy atom. The van der Waals surface area contributed by atoms with Gasteiger partial charge in [-0.1, -0.05) is 0 Å². The Labute approximate surface area is 93.0 Å². The highest BCUT2D eigenvalue weighted by atomic mass is 16.1. The first-order chi connectivity index (χ1) is 7.59. The average molecular weight is 219 g/mol. The zero-order chi connectivity index (χ0) is 11.7. The first-order valence-electron chi connectivity index (χ1n) is 5.08. The van der Waals surface area contributed by atoms with E-state index in [-0.39, 0.29) is 0 Å². The van der Waals surface area contributed by atoms with Crippen LogP contribution in [0.1, 0.15) is 27.1 Å². The van der Waals surface area contributed by atoms with E-state index in [2.05, 4.69) is 0 Å². The van der Waals surface area contributed by atoms with Crippen molar-refractivity contribution in [3.8, 4) is 0 Å². The van der Waals surface area contributed by atoms with Crippen molar-refractivity contribution in [3.05, 3.63) is 29.3 Å². The van der Waals surface area contributed by atoms with Gasteiger partial charge in [0.2, 0.25) is 5.91 Å². The Kier molecular flexibility index (Phi) is 2.52. The molecule has 1 aromatic carbocycles. The lowest BCUT2D eigenvalue weighted by atomic mass is 10.0. The van der Waals surface area contributed by atoms with Gasteiger partial charge < -0.3 is 16.4 Å². The molecule has 0 radical (unpaired) electrons. The molecule has 0 saturated carbocycles. The fourth-order valence-corrected chi connectivity index (χ4v) is 1.71. The van der Waals surface area contributed by atoms with Crippen molar-refractivity contribution < 1.29 is 9.59 Å². The molecule has 0 aliphatic carbocycles. The summed E-state index contributed by atoms with van der Waals surface area (Å²) in [4.78, 5) is 24.3. The molecule has 1 aliphatic rings. The van der Waals surface area contributed by atoms with Crippen molar-refractivity contribution in [2.45, 2.75) is 6.42 Å². The van der Waals surface area contributed by atoms with Gasteiger partial charge in [-0.2, -0.15) is 0 Å². The molecule has 2 rings (SSSR count). The van der Waals surface area contributed by atoms with Crippen LogP contribution in [-0.2, 0) is 0 Å². The maximum absolute atomic E-state index is 11.2. The molecule has 0 unspecified atom stereocenters. The van der Waals surface area contributed by atoms with Crippen LogP contribution in [-0.4, -0.2) is 24.9 Å². The number of carbonyl (C=O) groups is 2. The van der Waals surface area contributed by atoms with E-state index in [1.165, 1.54) is 6.07 Å². The summed E-state index contributed by atoms with van der Waals surface area (Å²) in [6.07, 6.45) is 1.08. The van der Waals surface area contributed by atoms with Gasteiger partial charge in [-0.25, -0.2) is 0 Å². The van der Waals surface area contributed by atoms with Crippen molar-refractivity contribution in [3.63, 3.8) is 0 Å². The number of carbonyl (C=O) groups excluding carboxylic acids is 2. The van der Waals surface area contributed by atoms with E-state index in [0.29, 0.717) is 16.8 Å². The largest absolute Gasteiger partial charge is 0.371 e. The average Bonchev–Trinajstić information content (AvgIpc) is 2.14. The summed E-state index contributed by atoms with van der Waals surface area (Å²) in [7, 11) is 0. The van der Waals surface area contributed by atoms with Crippen LogP contribution < -0.4 is 16.4 Å². The van der Waals surface area contributed by atoms with Crippen LogP contribution in [0.2, 0.25) is 0 Å². The molecule has 1 aromatic rings. The molecule has 1 aliphatic heterocycles. The number of amides is 2. The van der Waals surface area contributed by atoms with Crippen molar-refractivity contribution in [1.29, 1.82) is 0 Å². The van der Waals surface area contributed by atoms with E-state index in [0.717, 1.165) is 19.5 Å². The zero-order valence-corrected chi connectivity index (χ0v) is 8.77. The molecule has 0 spiro atoms. The van der Waals surface area contributed by atoms with Crippen LogP contribution in [0.4, 0.5) is 5.69 Å². The summed E-state index contributed by atoms with van der Waals surface area (Å²) in [5.41, 5.74) is 12.0. The smallest absolute Gasteiger partial charge is 0.250 e. The highest BCUT2D eigenvalue weighted by Gasteiger charge is 2.21.